The maximum absolute atomic E-state index is 13.0. The molecule has 0 atom stereocenters. The number of benzene rings is 2. The van der Waals surface area contributed by atoms with Gasteiger partial charge in [0.25, 0.3) is 0 Å². The van der Waals surface area contributed by atoms with Gasteiger partial charge in [0.1, 0.15) is 12.4 Å². The first-order chi connectivity index (χ1) is 11.7. The Labute approximate surface area is 151 Å². The standard InChI is InChI=1S/C19H23BrFNO2/c1-3-4-11-22-12-16-17(20)9-10-18(23-2)19(16)24-13-14-5-7-15(21)8-6-14/h5-10,22H,3-4,11-13H2,1-2H3. The molecule has 24 heavy (non-hydrogen) atoms. The van der Waals surface area contributed by atoms with Crippen molar-refractivity contribution in [3.05, 3.63) is 57.8 Å². The van der Waals surface area contributed by atoms with E-state index in [4.69, 9.17) is 9.47 Å². The van der Waals surface area contributed by atoms with Crippen molar-refractivity contribution in [1.82, 2.24) is 5.32 Å². The zero-order valence-electron chi connectivity index (χ0n) is 14.1. The number of nitrogens with one attached hydrogen (secondary N) is 1. The molecule has 0 bridgehead atoms. The van der Waals surface area contributed by atoms with E-state index in [1.54, 1.807) is 19.2 Å². The fraction of sp³-hybridized carbons (Fsp3) is 0.368. The van der Waals surface area contributed by atoms with E-state index in [2.05, 4.69) is 28.2 Å². The molecule has 0 aliphatic rings. The summed E-state index contributed by atoms with van der Waals surface area (Å²) in [6, 6.07) is 10.1. The lowest BCUT2D eigenvalue weighted by Gasteiger charge is -2.17. The van der Waals surface area contributed by atoms with Crippen molar-refractivity contribution in [2.75, 3.05) is 13.7 Å². The average molecular weight is 396 g/mol. The second-order valence-electron chi connectivity index (χ2n) is 5.50. The van der Waals surface area contributed by atoms with Crippen LogP contribution in [0, 0.1) is 5.82 Å². The van der Waals surface area contributed by atoms with Gasteiger partial charge in [-0.25, -0.2) is 4.39 Å². The fourth-order valence-electron chi connectivity index (χ4n) is 2.32. The molecule has 130 valence electrons. The number of ether oxygens (including phenoxy) is 2. The maximum atomic E-state index is 13.0. The van der Waals surface area contributed by atoms with Crippen molar-refractivity contribution in [2.24, 2.45) is 0 Å². The molecule has 0 aliphatic carbocycles. The SMILES string of the molecule is CCCCNCc1c(Br)ccc(OC)c1OCc1ccc(F)cc1. The smallest absolute Gasteiger partial charge is 0.167 e. The molecule has 1 N–H and O–H groups in total. The molecule has 3 nitrogen and oxygen atoms in total. The highest BCUT2D eigenvalue weighted by Crippen LogP contribution is 2.36. The van der Waals surface area contributed by atoms with Crippen LogP contribution in [0.2, 0.25) is 0 Å². The molecule has 0 saturated carbocycles. The highest BCUT2D eigenvalue weighted by Gasteiger charge is 2.14. The summed E-state index contributed by atoms with van der Waals surface area (Å²) in [6.07, 6.45) is 2.29. The summed E-state index contributed by atoms with van der Waals surface area (Å²) in [5, 5.41) is 3.43. The minimum absolute atomic E-state index is 0.250. The summed E-state index contributed by atoms with van der Waals surface area (Å²) in [4.78, 5) is 0. The monoisotopic (exact) mass is 395 g/mol. The first-order valence-corrected chi connectivity index (χ1v) is 8.88. The van der Waals surface area contributed by atoms with Gasteiger partial charge in [-0.15, -0.1) is 0 Å². The number of halogens is 2. The van der Waals surface area contributed by atoms with Gasteiger partial charge >= 0.3 is 0 Å². The van der Waals surface area contributed by atoms with Gasteiger partial charge in [0, 0.05) is 16.6 Å². The molecule has 5 heteroatoms. The summed E-state index contributed by atoms with van der Waals surface area (Å²) in [5.74, 6) is 1.15. The van der Waals surface area contributed by atoms with Gasteiger partial charge in [-0.2, -0.15) is 0 Å². The van der Waals surface area contributed by atoms with E-state index in [0.29, 0.717) is 24.7 Å². The van der Waals surface area contributed by atoms with Gasteiger partial charge in [-0.1, -0.05) is 41.4 Å². The third-order valence-electron chi connectivity index (χ3n) is 3.69. The molecule has 0 fully saturated rings. The second kappa shape index (κ2) is 9.64. The predicted octanol–water partition coefficient (Wildman–Crippen LogP) is 5.07. The Morgan fingerprint density at radius 2 is 1.88 bits per heavy atom. The molecule has 0 aliphatic heterocycles. The van der Waals surface area contributed by atoms with Crippen molar-refractivity contribution in [3.63, 3.8) is 0 Å². The number of rotatable bonds is 9. The van der Waals surface area contributed by atoms with Crippen LogP contribution in [0.1, 0.15) is 30.9 Å². The zero-order chi connectivity index (χ0) is 17.4. The first kappa shape index (κ1) is 18.7. The Morgan fingerprint density at radius 3 is 2.54 bits per heavy atom. The van der Waals surface area contributed by atoms with Crippen LogP contribution in [-0.4, -0.2) is 13.7 Å². The summed E-state index contributed by atoms with van der Waals surface area (Å²) in [6.45, 7) is 4.17. The summed E-state index contributed by atoms with van der Waals surface area (Å²) in [5.41, 5.74) is 1.93. The topological polar surface area (TPSA) is 30.5 Å². The molecule has 0 amide bonds. The van der Waals surface area contributed by atoms with E-state index in [0.717, 1.165) is 35.0 Å². The molecule has 0 heterocycles. The van der Waals surface area contributed by atoms with Crippen LogP contribution >= 0.6 is 15.9 Å². The molecule has 2 aromatic carbocycles. The molecule has 0 aromatic heterocycles. The van der Waals surface area contributed by atoms with Crippen molar-refractivity contribution in [1.29, 1.82) is 0 Å². The average Bonchev–Trinajstić information content (AvgIpc) is 2.59. The molecule has 0 unspecified atom stereocenters. The quantitative estimate of drug-likeness (QED) is 0.601. The normalized spacial score (nSPS) is 10.7. The Hall–Kier alpha value is -1.59. The van der Waals surface area contributed by atoms with E-state index in [9.17, 15) is 4.39 Å². The molecular weight excluding hydrogens is 373 g/mol. The number of methoxy groups -OCH3 is 1. The molecule has 2 aromatic rings. The minimum Gasteiger partial charge on any atom is -0.493 e. The van der Waals surface area contributed by atoms with E-state index in [1.165, 1.54) is 12.1 Å². The van der Waals surface area contributed by atoms with Gasteiger partial charge < -0.3 is 14.8 Å². The van der Waals surface area contributed by atoms with Crippen LogP contribution < -0.4 is 14.8 Å². The van der Waals surface area contributed by atoms with Gasteiger partial charge in [0.05, 0.1) is 7.11 Å². The third-order valence-corrected chi connectivity index (χ3v) is 4.44. The van der Waals surface area contributed by atoms with E-state index in [-0.39, 0.29) is 5.82 Å². The van der Waals surface area contributed by atoms with E-state index >= 15 is 0 Å². The Balaban J connectivity index is 2.15. The van der Waals surface area contributed by atoms with E-state index < -0.39 is 0 Å². The van der Waals surface area contributed by atoms with Crippen molar-refractivity contribution >= 4 is 15.9 Å². The lowest BCUT2D eigenvalue weighted by atomic mass is 10.1. The van der Waals surface area contributed by atoms with Crippen LogP contribution in [0.4, 0.5) is 4.39 Å². The molecule has 0 saturated heterocycles. The molecule has 0 radical (unpaired) electrons. The number of unbranched alkanes of at least 4 members (excludes halogenated alkanes) is 1. The summed E-state index contributed by atoms with van der Waals surface area (Å²) < 4.78 is 25.4. The van der Waals surface area contributed by atoms with Crippen LogP contribution in [-0.2, 0) is 13.2 Å². The fourth-order valence-corrected chi connectivity index (χ4v) is 2.77. The second-order valence-corrected chi connectivity index (χ2v) is 6.36. The van der Waals surface area contributed by atoms with Crippen molar-refractivity contribution in [3.8, 4) is 11.5 Å². The van der Waals surface area contributed by atoms with Crippen LogP contribution in [0.3, 0.4) is 0 Å². The number of hydrogen-bond acceptors (Lipinski definition) is 3. The summed E-state index contributed by atoms with van der Waals surface area (Å²) in [7, 11) is 1.63. The van der Waals surface area contributed by atoms with Crippen LogP contribution in [0.25, 0.3) is 0 Å². The van der Waals surface area contributed by atoms with Gasteiger partial charge in [0.2, 0.25) is 0 Å². The maximum Gasteiger partial charge on any atom is 0.167 e. The number of hydrogen-bond donors (Lipinski definition) is 1. The Bertz CT molecular complexity index is 647. The van der Waals surface area contributed by atoms with Gasteiger partial charge in [-0.05, 0) is 42.8 Å². The minimum atomic E-state index is -0.250. The van der Waals surface area contributed by atoms with Gasteiger partial charge in [0.15, 0.2) is 11.5 Å². The predicted molar refractivity (Wildman–Crippen MR) is 98.0 cm³/mol. The Kier molecular flexibility index (Phi) is 7.53. The van der Waals surface area contributed by atoms with E-state index in [1.807, 2.05) is 12.1 Å². The third kappa shape index (κ3) is 5.21. The zero-order valence-corrected chi connectivity index (χ0v) is 15.7. The molecular formula is C19H23BrFNO2. The first-order valence-electron chi connectivity index (χ1n) is 8.09. The Morgan fingerprint density at radius 1 is 1.12 bits per heavy atom. The largest absolute Gasteiger partial charge is 0.493 e. The molecule has 2 rings (SSSR count). The molecule has 0 spiro atoms. The van der Waals surface area contributed by atoms with Crippen LogP contribution in [0.5, 0.6) is 11.5 Å². The highest BCUT2D eigenvalue weighted by molar-refractivity contribution is 9.10. The lowest BCUT2D eigenvalue weighted by molar-refractivity contribution is 0.280. The van der Waals surface area contributed by atoms with Crippen molar-refractivity contribution < 1.29 is 13.9 Å². The van der Waals surface area contributed by atoms with Crippen molar-refractivity contribution in [2.45, 2.75) is 32.9 Å². The highest BCUT2D eigenvalue weighted by atomic mass is 79.9. The van der Waals surface area contributed by atoms with Gasteiger partial charge in [-0.3, -0.25) is 0 Å². The summed E-state index contributed by atoms with van der Waals surface area (Å²) >= 11 is 3.59. The van der Waals surface area contributed by atoms with Crippen LogP contribution in [0.15, 0.2) is 40.9 Å². The lowest BCUT2D eigenvalue weighted by Crippen LogP contribution is -2.16.